The Morgan fingerprint density at radius 3 is 2.82 bits per heavy atom. The lowest BCUT2D eigenvalue weighted by atomic mass is 9.93. The first-order valence-corrected chi connectivity index (χ1v) is 7.42. The van der Waals surface area contributed by atoms with E-state index in [1.165, 1.54) is 0 Å². The molecule has 0 saturated heterocycles. The van der Waals surface area contributed by atoms with Crippen LogP contribution >= 0.6 is 11.6 Å². The van der Waals surface area contributed by atoms with E-state index in [0.717, 1.165) is 23.5 Å². The summed E-state index contributed by atoms with van der Waals surface area (Å²) in [6.07, 6.45) is 0. The molecule has 0 spiro atoms. The van der Waals surface area contributed by atoms with Crippen molar-refractivity contribution < 1.29 is 4.74 Å². The molecule has 0 fully saturated rings. The summed E-state index contributed by atoms with van der Waals surface area (Å²) in [6, 6.07) is 15.4. The minimum absolute atomic E-state index is 0.220. The molecule has 22 heavy (non-hydrogen) atoms. The monoisotopic (exact) mass is 309 g/mol. The maximum absolute atomic E-state index is 9.20. The Bertz CT molecular complexity index is 808. The fourth-order valence-electron chi connectivity index (χ4n) is 2.90. The van der Waals surface area contributed by atoms with Crippen LogP contribution in [0.15, 0.2) is 47.6 Å². The van der Waals surface area contributed by atoms with Crippen molar-refractivity contribution in [1.82, 2.24) is 0 Å². The number of ether oxygens (including phenoxy) is 1. The highest BCUT2D eigenvalue weighted by Gasteiger charge is 2.35. The van der Waals surface area contributed by atoms with Crippen LogP contribution in [0.3, 0.4) is 0 Å². The molecule has 0 amide bonds. The molecule has 1 atom stereocenters. The van der Waals surface area contributed by atoms with Crippen LogP contribution in [0.25, 0.3) is 0 Å². The summed E-state index contributed by atoms with van der Waals surface area (Å²) in [5.41, 5.74) is 3.48. The van der Waals surface area contributed by atoms with Gasteiger partial charge in [0.15, 0.2) is 0 Å². The summed E-state index contributed by atoms with van der Waals surface area (Å²) in [5, 5.41) is 16.6. The molecule has 0 radical (unpaired) electrons. The molecule has 0 N–H and O–H groups in total. The lowest BCUT2D eigenvalue weighted by Crippen LogP contribution is -2.29. The van der Waals surface area contributed by atoms with Crippen LogP contribution in [-0.4, -0.2) is 18.9 Å². The fraction of sp³-hybridized carbons (Fsp3) is 0.176. The molecule has 0 aromatic heterocycles. The molecule has 2 aliphatic rings. The van der Waals surface area contributed by atoms with E-state index >= 15 is 0 Å². The topological polar surface area (TPSA) is 48.6 Å². The van der Waals surface area contributed by atoms with Crippen molar-refractivity contribution in [2.24, 2.45) is 11.0 Å². The number of hydrogen-bond acceptors (Lipinski definition) is 4. The van der Waals surface area contributed by atoms with E-state index in [2.05, 4.69) is 6.07 Å². The van der Waals surface area contributed by atoms with E-state index < -0.39 is 0 Å². The Kier molecular flexibility index (Phi) is 3.02. The highest BCUT2D eigenvalue weighted by Crippen LogP contribution is 2.35. The van der Waals surface area contributed by atoms with Crippen molar-refractivity contribution in [3.8, 4) is 11.8 Å². The molecule has 2 aliphatic heterocycles. The zero-order chi connectivity index (χ0) is 15.1. The van der Waals surface area contributed by atoms with Crippen LogP contribution < -0.4 is 9.75 Å². The highest BCUT2D eigenvalue weighted by atomic mass is 35.5. The molecular formula is C17H12ClN3O. The number of nitriles is 1. The molecule has 4 rings (SSSR count). The predicted molar refractivity (Wildman–Crippen MR) is 85.5 cm³/mol. The average Bonchev–Trinajstić information content (AvgIpc) is 2.99. The average molecular weight is 310 g/mol. The van der Waals surface area contributed by atoms with Gasteiger partial charge in [-0.3, -0.25) is 5.01 Å². The molecule has 5 heteroatoms. The van der Waals surface area contributed by atoms with E-state index in [1.807, 2.05) is 41.4 Å². The zero-order valence-corrected chi connectivity index (χ0v) is 12.4. The van der Waals surface area contributed by atoms with E-state index in [1.54, 1.807) is 6.07 Å². The van der Waals surface area contributed by atoms with Gasteiger partial charge < -0.3 is 4.74 Å². The number of halogens is 1. The number of anilines is 1. The second-order valence-electron chi connectivity index (χ2n) is 5.35. The number of benzene rings is 2. The largest absolute Gasteiger partial charge is 0.491 e. The summed E-state index contributed by atoms with van der Waals surface area (Å²) in [6.45, 7) is 1.32. The second-order valence-corrected chi connectivity index (χ2v) is 5.78. The lowest BCUT2D eigenvalue weighted by Gasteiger charge is -2.23. The van der Waals surface area contributed by atoms with Gasteiger partial charge in [0.2, 0.25) is 0 Å². The van der Waals surface area contributed by atoms with Crippen molar-refractivity contribution >= 4 is 23.0 Å². The maximum atomic E-state index is 9.20. The highest BCUT2D eigenvalue weighted by molar-refractivity contribution is 6.30. The van der Waals surface area contributed by atoms with Crippen LogP contribution in [0.2, 0.25) is 5.02 Å². The van der Waals surface area contributed by atoms with Gasteiger partial charge in [0.05, 0.1) is 36.0 Å². The third-order valence-corrected chi connectivity index (χ3v) is 4.23. The van der Waals surface area contributed by atoms with Gasteiger partial charge in [-0.1, -0.05) is 17.7 Å². The Balaban J connectivity index is 1.75. The first kappa shape index (κ1) is 13.2. The van der Waals surface area contributed by atoms with Crippen molar-refractivity contribution in [2.45, 2.75) is 0 Å². The number of para-hydroxylation sites is 1. The summed E-state index contributed by atoms with van der Waals surface area (Å²) < 4.78 is 5.81. The van der Waals surface area contributed by atoms with E-state index in [0.29, 0.717) is 22.9 Å². The van der Waals surface area contributed by atoms with Gasteiger partial charge in [-0.25, -0.2) is 0 Å². The summed E-state index contributed by atoms with van der Waals surface area (Å²) in [7, 11) is 0. The smallest absolute Gasteiger partial charge is 0.146 e. The predicted octanol–water partition coefficient (Wildman–Crippen LogP) is 3.44. The minimum atomic E-state index is 0.220. The Labute approximate surface area is 133 Å². The van der Waals surface area contributed by atoms with E-state index in [9.17, 15) is 5.26 Å². The first-order chi connectivity index (χ1) is 10.8. The molecule has 1 unspecified atom stereocenters. The van der Waals surface area contributed by atoms with Crippen LogP contribution in [0, 0.1) is 17.2 Å². The first-order valence-electron chi connectivity index (χ1n) is 7.04. The molecule has 2 heterocycles. The SMILES string of the molecule is N#Cc1cccc2c1OCC1CN(c3ccc(Cl)cc3)N=C21. The van der Waals surface area contributed by atoms with Gasteiger partial charge in [-0.2, -0.15) is 10.4 Å². The van der Waals surface area contributed by atoms with Gasteiger partial charge in [-0.05, 0) is 36.4 Å². The minimum Gasteiger partial charge on any atom is -0.491 e. The second kappa shape index (κ2) is 5.04. The van der Waals surface area contributed by atoms with Crippen LogP contribution in [0.5, 0.6) is 5.75 Å². The number of nitrogens with zero attached hydrogens (tertiary/aromatic N) is 3. The zero-order valence-electron chi connectivity index (χ0n) is 11.7. The lowest BCUT2D eigenvalue weighted by molar-refractivity contribution is 0.279. The van der Waals surface area contributed by atoms with Gasteiger partial charge in [0.1, 0.15) is 11.8 Å². The van der Waals surface area contributed by atoms with Crippen molar-refractivity contribution in [3.05, 3.63) is 58.6 Å². The van der Waals surface area contributed by atoms with Crippen LogP contribution in [0.1, 0.15) is 11.1 Å². The summed E-state index contributed by atoms with van der Waals surface area (Å²) in [5.74, 6) is 0.870. The quantitative estimate of drug-likeness (QED) is 0.810. The molecule has 2 aromatic rings. The Hall–Kier alpha value is -2.51. The van der Waals surface area contributed by atoms with Crippen LogP contribution in [0.4, 0.5) is 5.69 Å². The van der Waals surface area contributed by atoms with Gasteiger partial charge in [-0.15, -0.1) is 0 Å². The maximum Gasteiger partial charge on any atom is 0.146 e. The van der Waals surface area contributed by atoms with Crippen molar-refractivity contribution in [3.63, 3.8) is 0 Å². The standard InChI is InChI=1S/C17H12ClN3O/c18-13-4-6-14(7-5-13)21-9-12-10-22-17-11(8-19)2-1-3-15(17)16(12)20-21/h1-7,12H,9-10H2. The van der Waals surface area contributed by atoms with Crippen molar-refractivity contribution in [2.75, 3.05) is 18.2 Å². The number of rotatable bonds is 1. The van der Waals surface area contributed by atoms with Gasteiger partial charge in [0.25, 0.3) is 0 Å². The van der Waals surface area contributed by atoms with Crippen molar-refractivity contribution in [1.29, 1.82) is 5.26 Å². The Morgan fingerprint density at radius 1 is 1.23 bits per heavy atom. The molecule has 4 nitrogen and oxygen atoms in total. The molecular weight excluding hydrogens is 298 g/mol. The Morgan fingerprint density at radius 2 is 2.05 bits per heavy atom. The van der Waals surface area contributed by atoms with Gasteiger partial charge >= 0.3 is 0 Å². The van der Waals surface area contributed by atoms with Crippen LogP contribution in [-0.2, 0) is 0 Å². The van der Waals surface area contributed by atoms with Gasteiger partial charge in [0, 0.05) is 10.6 Å². The molecule has 108 valence electrons. The van der Waals surface area contributed by atoms with E-state index in [4.69, 9.17) is 21.4 Å². The molecule has 0 bridgehead atoms. The number of fused-ring (bicyclic) bond motifs is 3. The number of hydrogen-bond donors (Lipinski definition) is 0. The molecule has 2 aromatic carbocycles. The third kappa shape index (κ3) is 2.02. The molecule has 0 saturated carbocycles. The number of hydrazone groups is 1. The summed E-state index contributed by atoms with van der Waals surface area (Å²) >= 11 is 5.94. The third-order valence-electron chi connectivity index (χ3n) is 3.97. The fourth-order valence-corrected chi connectivity index (χ4v) is 3.02. The molecule has 0 aliphatic carbocycles. The summed E-state index contributed by atoms with van der Waals surface area (Å²) in [4.78, 5) is 0. The van der Waals surface area contributed by atoms with E-state index in [-0.39, 0.29) is 5.92 Å². The normalized spacial score (nSPS) is 18.8.